The quantitative estimate of drug-likeness (QED) is 0.0840. The van der Waals surface area contributed by atoms with Gasteiger partial charge in [-0.25, -0.2) is 0 Å². The van der Waals surface area contributed by atoms with E-state index in [1.165, 1.54) is 28.7 Å². The Bertz CT molecular complexity index is 2120. The summed E-state index contributed by atoms with van der Waals surface area (Å²) in [4.78, 5) is 0. The van der Waals surface area contributed by atoms with Crippen molar-refractivity contribution in [1.29, 1.82) is 0 Å². The summed E-state index contributed by atoms with van der Waals surface area (Å²) in [7, 11) is 0. The fraction of sp³-hybridized carbons (Fsp3) is 0.172. The molecule has 0 aliphatic heterocycles. The third-order valence-electron chi connectivity index (χ3n) is 8.30. The lowest BCUT2D eigenvalue weighted by molar-refractivity contribution is 1.04. The molecule has 58 heavy (non-hydrogen) atoms. The van der Waals surface area contributed by atoms with E-state index in [0.717, 1.165) is 33.4 Å². The van der Waals surface area contributed by atoms with Crippen LogP contribution in [0.15, 0.2) is 196 Å². The zero-order valence-corrected chi connectivity index (χ0v) is 35.9. The van der Waals surface area contributed by atoms with Gasteiger partial charge in [0, 0.05) is 11.8 Å². The molecule has 0 bridgehead atoms. The zero-order valence-electron chi connectivity index (χ0n) is 35.9. The van der Waals surface area contributed by atoms with Gasteiger partial charge in [-0.05, 0) is 99.4 Å². The lowest BCUT2D eigenvalue weighted by Gasteiger charge is -2.09. The first-order valence-corrected chi connectivity index (χ1v) is 20.3. The Balaban J connectivity index is 0.000000403. The standard InChI is InChI=1S/C19H14.C18H14.C12H10.C3H6.3C2H6/c1-2-5-14(6-3-1)15-9-11-16(12-10-15)18-8-4-7-17-13-19(17)18;1-3-10-15(4-2)17-13-8-9-14-18(17)16-11-6-5-7-12-16;1-3-8-11(4-2)12-9-6-5-7-10-12;1-3-2;3*1-2/h1-3,5-6,8-12,17,19H,13H2;3-4,6,8-14H,1-2H2;1,4-10H,2H2;3H,1H2,2H3;3*1-2H3/b;15-10+;11-8+;;;;. The molecule has 1 saturated carbocycles. The van der Waals surface area contributed by atoms with Gasteiger partial charge >= 0.3 is 0 Å². The van der Waals surface area contributed by atoms with Gasteiger partial charge < -0.3 is 0 Å². The second-order valence-electron chi connectivity index (χ2n) is 11.9. The molecule has 0 N–H and O–H groups in total. The van der Waals surface area contributed by atoms with Crippen LogP contribution in [0.4, 0.5) is 0 Å². The van der Waals surface area contributed by atoms with Crippen LogP contribution in [0.2, 0.25) is 0 Å². The number of terminal acetylenes is 1. The number of hydrogen-bond donors (Lipinski definition) is 0. The third kappa shape index (κ3) is 16.1. The molecule has 0 saturated heterocycles. The Morgan fingerprint density at radius 1 is 0.655 bits per heavy atom. The summed E-state index contributed by atoms with van der Waals surface area (Å²) in [6.07, 6.45) is 19.3. The first-order valence-electron chi connectivity index (χ1n) is 20.3. The predicted molar refractivity (Wildman–Crippen MR) is 261 cm³/mol. The molecule has 2 aliphatic carbocycles. The monoisotopic (exact) mass is 758 g/mol. The van der Waals surface area contributed by atoms with Gasteiger partial charge in [-0.3, -0.25) is 0 Å². The smallest absolute Gasteiger partial charge is 0.0282 e. The van der Waals surface area contributed by atoms with Crippen LogP contribution in [0, 0.1) is 48.2 Å². The van der Waals surface area contributed by atoms with E-state index in [1.807, 2.05) is 121 Å². The van der Waals surface area contributed by atoms with Crippen molar-refractivity contribution in [2.45, 2.75) is 54.9 Å². The molecule has 0 radical (unpaired) electrons. The van der Waals surface area contributed by atoms with E-state index in [4.69, 9.17) is 6.42 Å². The van der Waals surface area contributed by atoms with E-state index in [1.54, 1.807) is 24.3 Å². The third-order valence-corrected chi connectivity index (χ3v) is 8.30. The minimum absolute atomic E-state index is 0.633. The fourth-order valence-corrected chi connectivity index (χ4v) is 5.69. The minimum Gasteiger partial charge on any atom is -0.115 e. The molecule has 5 aromatic rings. The molecule has 0 aromatic heterocycles. The van der Waals surface area contributed by atoms with Crippen LogP contribution in [0.5, 0.6) is 0 Å². The molecule has 1 fully saturated rings. The summed E-state index contributed by atoms with van der Waals surface area (Å²) in [5, 5.41) is 0. The average Bonchev–Trinajstić information content (AvgIpc) is 4.12. The van der Waals surface area contributed by atoms with E-state index in [9.17, 15) is 0 Å². The van der Waals surface area contributed by atoms with Crippen molar-refractivity contribution >= 4 is 16.7 Å². The Hall–Kier alpha value is -6.78. The Kier molecular flexibility index (Phi) is 25.8. The van der Waals surface area contributed by atoms with Gasteiger partial charge in [0.25, 0.3) is 0 Å². The van der Waals surface area contributed by atoms with E-state index in [-0.39, 0.29) is 0 Å². The number of rotatable bonds is 8. The first kappa shape index (κ1) is 49.2. The Morgan fingerprint density at radius 2 is 1.21 bits per heavy atom. The van der Waals surface area contributed by atoms with Crippen LogP contribution in [-0.4, -0.2) is 0 Å². The van der Waals surface area contributed by atoms with Gasteiger partial charge in [-0.2, -0.15) is 0 Å². The van der Waals surface area contributed by atoms with Crippen molar-refractivity contribution in [3.05, 3.63) is 225 Å². The maximum atomic E-state index is 5.17. The minimum atomic E-state index is 0.633. The summed E-state index contributed by atoms with van der Waals surface area (Å²) in [5.41, 5.74) is 11.9. The number of benzene rings is 4. The van der Waals surface area contributed by atoms with Gasteiger partial charge in [0.2, 0.25) is 0 Å². The Labute approximate surface area is 353 Å². The van der Waals surface area contributed by atoms with Crippen LogP contribution in [0.1, 0.15) is 71.6 Å². The van der Waals surface area contributed by atoms with Gasteiger partial charge in [0.1, 0.15) is 0 Å². The van der Waals surface area contributed by atoms with Crippen molar-refractivity contribution in [3.8, 4) is 46.4 Å². The SMILES string of the molecule is C#C/C=C(\C=C)c1ccccc1.C1#CC2CC2C(c2ccc(-c3ccccc3)cc2)=C1.C=C/C=C(\C=C)c1ccccc1-c1cc#ccc1.C=CC.CC.CC.CC. The van der Waals surface area contributed by atoms with Gasteiger partial charge in [0.05, 0.1) is 0 Å². The van der Waals surface area contributed by atoms with E-state index in [0.29, 0.717) is 11.8 Å². The highest BCUT2D eigenvalue weighted by Crippen LogP contribution is 2.49. The zero-order chi connectivity index (χ0) is 43.0. The van der Waals surface area contributed by atoms with E-state index >= 15 is 0 Å². The van der Waals surface area contributed by atoms with Crippen molar-refractivity contribution in [2.24, 2.45) is 11.8 Å². The van der Waals surface area contributed by atoms with Crippen LogP contribution in [-0.2, 0) is 0 Å². The molecule has 2 unspecified atom stereocenters. The summed E-state index contributed by atoms with van der Waals surface area (Å²) in [5.74, 6) is 10.2. The maximum Gasteiger partial charge on any atom is 0.0282 e. The molecule has 7 rings (SSSR count). The lowest BCUT2D eigenvalue weighted by Crippen LogP contribution is -1.92. The topological polar surface area (TPSA) is 0 Å². The predicted octanol–water partition coefficient (Wildman–Crippen LogP) is 16.3. The molecule has 0 amide bonds. The largest absolute Gasteiger partial charge is 0.115 e. The molecule has 2 aliphatic rings. The second-order valence-corrected chi connectivity index (χ2v) is 11.9. The molecule has 0 heteroatoms. The highest BCUT2D eigenvalue weighted by molar-refractivity contribution is 5.85. The molecule has 0 heterocycles. The van der Waals surface area contributed by atoms with Crippen LogP contribution >= 0.6 is 0 Å². The van der Waals surface area contributed by atoms with Crippen molar-refractivity contribution in [2.75, 3.05) is 0 Å². The summed E-state index contributed by atoms with van der Waals surface area (Å²) in [6.45, 7) is 28.5. The summed E-state index contributed by atoms with van der Waals surface area (Å²) < 4.78 is 0. The Morgan fingerprint density at radius 3 is 1.76 bits per heavy atom. The highest BCUT2D eigenvalue weighted by Gasteiger charge is 2.40. The van der Waals surface area contributed by atoms with Crippen LogP contribution < -0.4 is 0 Å². The normalized spacial score (nSPS) is 13.4. The molecule has 0 nitrogen and oxygen atoms in total. The maximum absolute atomic E-state index is 5.17. The van der Waals surface area contributed by atoms with E-state index < -0.39 is 0 Å². The van der Waals surface area contributed by atoms with E-state index in [2.05, 4.69) is 129 Å². The molecule has 5 aromatic carbocycles. The van der Waals surface area contributed by atoms with Crippen molar-refractivity contribution in [1.82, 2.24) is 0 Å². The average molecular weight is 759 g/mol. The van der Waals surface area contributed by atoms with Crippen molar-refractivity contribution in [3.63, 3.8) is 0 Å². The molecular weight excluding hydrogens is 697 g/mol. The van der Waals surface area contributed by atoms with Gasteiger partial charge in [-0.15, -0.1) is 13.0 Å². The van der Waals surface area contributed by atoms with Crippen LogP contribution in [0.25, 0.3) is 39.0 Å². The van der Waals surface area contributed by atoms with Crippen molar-refractivity contribution < 1.29 is 0 Å². The number of allylic oxidation sites excluding steroid dienone is 10. The molecular formula is C58H62. The van der Waals surface area contributed by atoms with Gasteiger partial charge in [-0.1, -0.05) is 231 Å². The number of hydrogen-bond acceptors (Lipinski definition) is 0. The van der Waals surface area contributed by atoms with Crippen LogP contribution in [0.3, 0.4) is 0 Å². The second kappa shape index (κ2) is 30.4. The number of fused-ring (bicyclic) bond motifs is 1. The first-order chi connectivity index (χ1) is 28.6. The summed E-state index contributed by atoms with van der Waals surface area (Å²) >= 11 is 0. The molecule has 2 atom stereocenters. The summed E-state index contributed by atoms with van der Waals surface area (Å²) in [6, 6.07) is 49.3. The highest BCUT2D eigenvalue weighted by atomic mass is 14.4. The lowest BCUT2D eigenvalue weighted by atomic mass is 9.94. The molecule has 294 valence electrons. The molecule has 0 spiro atoms. The fourth-order valence-electron chi connectivity index (χ4n) is 5.69. The van der Waals surface area contributed by atoms with Gasteiger partial charge in [0.15, 0.2) is 0 Å².